The Hall–Kier alpha value is -1.75. The summed E-state index contributed by atoms with van der Waals surface area (Å²) in [6, 6.07) is 0. The van der Waals surface area contributed by atoms with E-state index in [0.29, 0.717) is 0 Å². The number of carbonyl (C=O) groups excluding carboxylic acids is 4. The molecule has 0 aromatic rings. The van der Waals surface area contributed by atoms with Crippen molar-refractivity contribution in [1.82, 2.24) is 0 Å². The van der Waals surface area contributed by atoms with Gasteiger partial charge in [-0.05, 0) is 0 Å². The summed E-state index contributed by atoms with van der Waals surface area (Å²) in [5.74, 6) is -10.8. The third kappa shape index (κ3) is 16.9. The van der Waals surface area contributed by atoms with Crippen molar-refractivity contribution in [2.45, 2.75) is 37.5 Å². The molecule has 0 fully saturated rings. The van der Waals surface area contributed by atoms with Crippen LogP contribution in [-0.2, 0) is 35.7 Å². The minimum atomic E-state index is -5.40. The zero-order chi connectivity index (χ0) is 21.7. The Labute approximate surface area is 161 Å². The van der Waals surface area contributed by atoms with E-state index in [4.69, 9.17) is 0 Å². The van der Waals surface area contributed by atoms with E-state index in [1.807, 2.05) is 0 Å². The van der Waals surface area contributed by atoms with Crippen LogP contribution in [0.25, 0.3) is 0 Å². The Bertz CT molecular complexity index is 461. The van der Waals surface area contributed by atoms with Crippen LogP contribution < -0.4 is 0 Å². The molecule has 0 bridgehead atoms. The maximum absolute atomic E-state index is 11.3. The summed E-state index contributed by atoms with van der Waals surface area (Å²) >= 11 is 0. The van der Waals surface area contributed by atoms with Crippen LogP contribution in [0.3, 0.4) is 0 Å². The van der Waals surface area contributed by atoms with Gasteiger partial charge >= 0.3 is 24.7 Å². The van der Waals surface area contributed by atoms with Crippen molar-refractivity contribution in [3.05, 3.63) is 0 Å². The molecular formula is C10H8F12NiO6. The Morgan fingerprint density at radius 2 is 0.517 bits per heavy atom. The molecule has 178 valence electrons. The third-order valence-electron chi connectivity index (χ3n) is 1.91. The van der Waals surface area contributed by atoms with Crippen LogP contribution >= 0.6 is 0 Å². The van der Waals surface area contributed by atoms with Crippen molar-refractivity contribution in [1.29, 1.82) is 0 Å². The summed E-state index contributed by atoms with van der Waals surface area (Å²) in [4.78, 5) is 39.5. The van der Waals surface area contributed by atoms with Gasteiger partial charge in [0.1, 0.15) is 0 Å². The van der Waals surface area contributed by atoms with Crippen molar-refractivity contribution >= 4 is 23.1 Å². The summed E-state index contributed by atoms with van der Waals surface area (Å²) < 4.78 is 136. The Kier molecular flexibility index (Phi) is 16.7. The largest absolute Gasteiger partial charge is 0.450 e. The first-order valence-electron chi connectivity index (χ1n) is 5.50. The van der Waals surface area contributed by atoms with Gasteiger partial charge in [-0.1, -0.05) is 0 Å². The minimum Gasteiger partial charge on any atom is -0.412 e. The zero-order valence-electron chi connectivity index (χ0n) is 12.9. The number of Topliss-reactive ketones (excluding diaryl/α,β-unsaturated/α-hetero) is 4. The number of hydrogen-bond acceptors (Lipinski definition) is 4. The van der Waals surface area contributed by atoms with Gasteiger partial charge in [-0.2, -0.15) is 52.7 Å². The average Bonchev–Trinajstić information content (AvgIpc) is 2.34. The topological polar surface area (TPSA) is 131 Å². The molecule has 0 aliphatic rings. The molecule has 6 nitrogen and oxygen atoms in total. The summed E-state index contributed by atoms with van der Waals surface area (Å²) in [6.07, 6.45) is -26.0. The smallest absolute Gasteiger partial charge is 0.412 e. The molecule has 0 rings (SSSR count). The van der Waals surface area contributed by atoms with E-state index >= 15 is 0 Å². The van der Waals surface area contributed by atoms with Crippen molar-refractivity contribution in [2.75, 3.05) is 0 Å². The number of halogens is 12. The zero-order valence-corrected chi connectivity index (χ0v) is 13.9. The first-order valence-corrected chi connectivity index (χ1v) is 5.50. The first kappa shape index (κ1) is 37.9. The first-order chi connectivity index (χ1) is 11.1. The maximum atomic E-state index is 11.3. The standard InChI is InChI=1S/2C5H2F6O2.Ni.2H2O/c2*6-4(7,8)2(12)1-3(13)5(9,10)11;;;/h2*1H2;;2*1H2. The van der Waals surface area contributed by atoms with Gasteiger partial charge in [-0.25, -0.2) is 0 Å². The Morgan fingerprint density at radius 1 is 0.414 bits per heavy atom. The minimum absolute atomic E-state index is 0. The molecule has 0 radical (unpaired) electrons. The molecule has 4 N–H and O–H groups in total. The second-order valence-corrected chi connectivity index (χ2v) is 4.04. The fourth-order valence-corrected chi connectivity index (χ4v) is 0.693. The van der Waals surface area contributed by atoms with E-state index < -0.39 is 60.7 Å². The molecule has 29 heavy (non-hydrogen) atoms. The molecule has 0 amide bonds. The Morgan fingerprint density at radius 3 is 0.586 bits per heavy atom. The van der Waals surface area contributed by atoms with Gasteiger partial charge in [0.15, 0.2) is 0 Å². The van der Waals surface area contributed by atoms with Crippen molar-refractivity contribution in [3.8, 4) is 0 Å². The predicted octanol–water partition coefficient (Wildman–Crippen LogP) is 1.63. The van der Waals surface area contributed by atoms with E-state index in [0.717, 1.165) is 0 Å². The van der Waals surface area contributed by atoms with Crippen LogP contribution in [0.5, 0.6) is 0 Å². The normalized spacial score (nSPS) is 11.4. The van der Waals surface area contributed by atoms with E-state index in [9.17, 15) is 71.9 Å². The molecule has 0 spiro atoms. The summed E-state index contributed by atoms with van der Waals surface area (Å²) in [5, 5.41) is 0. The molecule has 0 aliphatic carbocycles. The van der Waals surface area contributed by atoms with Crippen LogP contribution in [0.15, 0.2) is 0 Å². The molecule has 0 aromatic carbocycles. The summed E-state index contributed by atoms with van der Waals surface area (Å²) in [6.45, 7) is 0. The van der Waals surface area contributed by atoms with Gasteiger partial charge in [0.05, 0.1) is 12.8 Å². The second-order valence-electron chi connectivity index (χ2n) is 4.04. The number of carbonyl (C=O) groups is 4. The van der Waals surface area contributed by atoms with Gasteiger partial charge < -0.3 is 11.0 Å². The molecule has 0 unspecified atom stereocenters. The third-order valence-corrected chi connectivity index (χ3v) is 1.91. The van der Waals surface area contributed by atoms with Crippen molar-refractivity contribution in [2.24, 2.45) is 0 Å². The number of alkyl halides is 12. The van der Waals surface area contributed by atoms with Gasteiger partial charge in [-0.15, -0.1) is 0 Å². The maximum Gasteiger partial charge on any atom is 0.450 e. The molecule has 0 saturated carbocycles. The van der Waals surface area contributed by atoms with Crippen molar-refractivity contribution in [3.63, 3.8) is 0 Å². The van der Waals surface area contributed by atoms with Crippen LogP contribution in [-0.4, -0.2) is 58.8 Å². The molecule has 0 aromatic heterocycles. The monoisotopic (exact) mass is 510 g/mol. The van der Waals surface area contributed by atoms with Gasteiger partial charge in [-0.3, -0.25) is 19.2 Å². The number of hydrogen-bond donors (Lipinski definition) is 0. The number of ketones is 4. The molecule has 0 aliphatic heterocycles. The van der Waals surface area contributed by atoms with Gasteiger partial charge in [0.2, 0.25) is 23.1 Å². The second kappa shape index (κ2) is 12.7. The quantitative estimate of drug-likeness (QED) is 0.323. The fourth-order valence-electron chi connectivity index (χ4n) is 0.693. The molecule has 19 heteroatoms. The van der Waals surface area contributed by atoms with Crippen LogP contribution in [0.2, 0.25) is 0 Å². The molecule has 0 atom stereocenters. The van der Waals surface area contributed by atoms with Gasteiger partial charge in [0.25, 0.3) is 0 Å². The van der Waals surface area contributed by atoms with Crippen LogP contribution in [0.4, 0.5) is 52.7 Å². The van der Waals surface area contributed by atoms with Gasteiger partial charge in [0, 0.05) is 16.5 Å². The molecule has 0 saturated heterocycles. The van der Waals surface area contributed by atoms with Crippen LogP contribution in [0.1, 0.15) is 12.8 Å². The SMILES string of the molecule is O.O.O=C(CC(=O)C(F)(F)F)C(F)(F)F.O=C(CC(=O)C(F)(F)F)C(F)(F)F.[Ni]. The summed E-state index contributed by atoms with van der Waals surface area (Å²) in [5.41, 5.74) is 0. The fraction of sp³-hybridized carbons (Fsp3) is 0.600. The summed E-state index contributed by atoms with van der Waals surface area (Å²) in [7, 11) is 0. The molecular weight excluding hydrogens is 503 g/mol. The van der Waals surface area contributed by atoms with E-state index in [1.54, 1.807) is 0 Å². The average molecular weight is 511 g/mol. The number of rotatable bonds is 4. The van der Waals surface area contributed by atoms with E-state index in [2.05, 4.69) is 0 Å². The van der Waals surface area contributed by atoms with Crippen LogP contribution in [0, 0.1) is 0 Å². The van der Waals surface area contributed by atoms with Crippen molar-refractivity contribution < 1.29 is 99.3 Å². The molecule has 0 heterocycles. The van der Waals surface area contributed by atoms with E-state index in [-0.39, 0.29) is 27.4 Å². The predicted molar refractivity (Wildman–Crippen MR) is 60.7 cm³/mol. The van der Waals surface area contributed by atoms with E-state index in [1.165, 1.54) is 0 Å². The Balaban J connectivity index is -0.000000120.